The van der Waals surface area contributed by atoms with Crippen molar-refractivity contribution in [3.8, 4) is 0 Å². The number of carbonyl (C=O) groups excluding carboxylic acids is 1. The van der Waals surface area contributed by atoms with E-state index in [9.17, 15) is 4.79 Å². The number of cyclic esters (lactones) is 1. The fraction of sp³-hybridized carbons (Fsp3) is 0.0588. The van der Waals surface area contributed by atoms with Crippen molar-refractivity contribution in [3.05, 3.63) is 74.5 Å². The number of ether oxygens (including phenoxy) is 1. The van der Waals surface area contributed by atoms with E-state index in [2.05, 4.69) is 27.6 Å². The second kappa shape index (κ2) is 5.81. The zero-order valence-electron chi connectivity index (χ0n) is 11.3. The summed E-state index contributed by atoms with van der Waals surface area (Å²) in [5.74, 6) is -0.0543. The molecule has 4 heteroatoms. The summed E-state index contributed by atoms with van der Waals surface area (Å²) >= 11 is 2.23. The van der Waals surface area contributed by atoms with Gasteiger partial charge in [-0.15, -0.1) is 0 Å². The van der Waals surface area contributed by atoms with Crippen molar-refractivity contribution < 1.29 is 9.53 Å². The van der Waals surface area contributed by atoms with Crippen LogP contribution in [0.5, 0.6) is 0 Å². The molecule has 0 N–H and O–H groups in total. The molecule has 3 nitrogen and oxygen atoms in total. The van der Waals surface area contributed by atoms with Crippen molar-refractivity contribution in [2.24, 2.45) is 4.99 Å². The second-order valence-corrected chi connectivity index (χ2v) is 6.00. The molecule has 0 amide bonds. The molecular formula is C17H12INO2. The van der Waals surface area contributed by atoms with E-state index < -0.39 is 5.97 Å². The maximum absolute atomic E-state index is 11.9. The molecule has 21 heavy (non-hydrogen) atoms. The van der Waals surface area contributed by atoms with Gasteiger partial charge in [-0.1, -0.05) is 29.8 Å². The number of esters is 1. The van der Waals surface area contributed by atoms with E-state index in [0.29, 0.717) is 11.6 Å². The van der Waals surface area contributed by atoms with Gasteiger partial charge < -0.3 is 4.74 Å². The molecule has 0 saturated heterocycles. The highest BCUT2D eigenvalue weighted by Gasteiger charge is 2.23. The first-order valence-electron chi connectivity index (χ1n) is 6.47. The number of nitrogens with zero attached hydrogens (tertiary/aromatic N) is 1. The third-order valence-electron chi connectivity index (χ3n) is 3.07. The standard InChI is InChI=1S/C17H12INO2/c1-11-5-7-13(8-6-11)16-19-15(17(20)21-16)10-12-3-2-4-14(18)9-12/h2-10H,1H3/b15-10+. The third-order valence-corrected chi connectivity index (χ3v) is 3.74. The van der Waals surface area contributed by atoms with Crippen LogP contribution in [-0.4, -0.2) is 11.9 Å². The molecule has 2 aromatic carbocycles. The van der Waals surface area contributed by atoms with Gasteiger partial charge in [0.25, 0.3) is 0 Å². The molecule has 3 rings (SSSR count). The smallest absolute Gasteiger partial charge is 0.363 e. The first-order valence-corrected chi connectivity index (χ1v) is 7.55. The minimum atomic E-state index is -0.413. The maximum Gasteiger partial charge on any atom is 0.363 e. The molecule has 0 unspecified atom stereocenters. The number of benzene rings is 2. The van der Waals surface area contributed by atoms with E-state index >= 15 is 0 Å². The van der Waals surface area contributed by atoms with Crippen LogP contribution in [0.25, 0.3) is 6.08 Å². The van der Waals surface area contributed by atoms with Gasteiger partial charge >= 0.3 is 5.97 Å². The number of aliphatic imine (C=N–C) groups is 1. The summed E-state index contributed by atoms with van der Waals surface area (Å²) in [4.78, 5) is 16.2. The van der Waals surface area contributed by atoms with Crippen LogP contribution in [-0.2, 0) is 9.53 Å². The van der Waals surface area contributed by atoms with Gasteiger partial charge in [0.05, 0.1) is 0 Å². The summed E-state index contributed by atoms with van der Waals surface area (Å²) in [5, 5.41) is 0. The van der Waals surface area contributed by atoms with Crippen LogP contribution in [0, 0.1) is 10.5 Å². The highest BCUT2D eigenvalue weighted by molar-refractivity contribution is 14.1. The largest absolute Gasteiger partial charge is 0.402 e. The van der Waals surface area contributed by atoms with Crippen molar-refractivity contribution in [3.63, 3.8) is 0 Å². The number of halogens is 1. The average molecular weight is 389 g/mol. The average Bonchev–Trinajstić information content (AvgIpc) is 2.81. The van der Waals surface area contributed by atoms with Crippen LogP contribution in [0.15, 0.2) is 59.2 Å². The fourth-order valence-electron chi connectivity index (χ4n) is 1.98. The van der Waals surface area contributed by atoms with Crippen LogP contribution >= 0.6 is 22.6 Å². The minimum absolute atomic E-state index is 0.326. The summed E-state index contributed by atoms with van der Waals surface area (Å²) in [7, 11) is 0. The molecule has 2 aromatic rings. The lowest BCUT2D eigenvalue weighted by Gasteiger charge is -1.99. The molecule has 1 aliphatic heterocycles. The van der Waals surface area contributed by atoms with Crippen molar-refractivity contribution in [2.75, 3.05) is 0 Å². The predicted octanol–water partition coefficient (Wildman–Crippen LogP) is 3.94. The summed E-state index contributed by atoms with van der Waals surface area (Å²) in [6.07, 6.45) is 1.74. The Kier molecular flexibility index (Phi) is 3.88. The van der Waals surface area contributed by atoms with Gasteiger partial charge in [-0.05, 0) is 65.4 Å². The second-order valence-electron chi connectivity index (χ2n) is 4.76. The van der Waals surface area contributed by atoms with Crippen LogP contribution < -0.4 is 0 Å². The first kappa shape index (κ1) is 14.0. The zero-order chi connectivity index (χ0) is 14.8. The van der Waals surface area contributed by atoms with E-state index in [-0.39, 0.29) is 0 Å². The van der Waals surface area contributed by atoms with Gasteiger partial charge in [-0.2, -0.15) is 0 Å². The van der Waals surface area contributed by atoms with Gasteiger partial charge in [0, 0.05) is 9.13 Å². The number of carbonyl (C=O) groups is 1. The summed E-state index contributed by atoms with van der Waals surface area (Å²) in [6.45, 7) is 2.01. The van der Waals surface area contributed by atoms with E-state index in [0.717, 1.165) is 20.3 Å². The fourth-order valence-corrected chi connectivity index (χ4v) is 2.55. The lowest BCUT2D eigenvalue weighted by molar-refractivity contribution is -0.129. The molecule has 0 bridgehead atoms. The van der Waals surface area contributed by atoms with E-state index in [1.54, 1.807) is 6.08 Å². The SMILES string of the molecule is Cc1ccc(C2=N/C(=C/c3cccc(I)c3)C(=O)O2)cc1. The molecule has 0 fully saturated rings. The molecule has 0 radical (unpaired) electrons. The Morgan fingerprint density at radius 2 is 1.90 bits per heavy atom. The predicted molar refractivity (Wildman–Crippen MR) is 90.9 cm³/mol. The molecule has 1 heterocycles. The Morgan fingerprint density at radius 1 is 1.14 bits per heavy atom. The van der Waals surface area contributed by atoms with E-state index in [1.807, 2.05) is 55.5 Å². The van der Waals surface area contributed by atoms with Crippen molar-refractivity contribution in [1.82, 2.24) is 0 Å². The van der Waals surface area contributed by atoms with Crippen LogP contribution in [0.3, 0.4) is 0 Å². The number of hydrogen-bond donors (Lipinski definition) is 0. The lowest BCUT2D eigenvalue weighted by atomic mass is 10.1. The van der Waals surface area contributed by atoms with Crippen molar-refractivity contribution in [1.29, 1.82) is 0 Å². The lowest BCUT2D eigenvalue weighted by Crippen LogP contribution is -2.05. The molecular weight excluding hydrogens is 377 g/mol. The van der Waals surface area contributed by atoms with Gasteiger partial charge in [0.15, 0.2) is 5.70 Å². The summed E-state index contributed by atoms with van der Waals surface area (Å²) < 4.78 is 6.35. The van der Waals surface area contributed by atoms with Crippen LogP contribution in [0.1, 0.15) is 16.7 Å². The molecule has 0 saturated carbocycles. The van der Waals surface area contributed by atoms with E-state index in [1.165, 1.54) is 0 Å². The van der Waals surface area contributed by atoms with Gasteiger partial charge in [0.2, 0.25) is 5.90 Å². The maximum atomic E-state index is 11.9. The highest BCUT2D eigenvalue weighted by Crippen LogP contribution is 2.20. The monoisotopic (exact) mass is 389 g/mol. The third kappa shape index (κ3) is 3.21. The Bertz CT molecular complexity index is 761. The highest BCUT2D eigenvalue weighted by atomic mass is 127. The van der Waals surface area contributed by atoms with Gasteiger partial charge in [-0.3, -0.25) is 0 Å². The van der Waals surface area contributed by atoms with Gasteiger partial charge in [0.1, 0.15) is 0 Å². The minimum Gasteiger partial charge on any atom is -0.402 e. The first-order chi connectivity index (χ1) is 10.1. The normalized spacial score (nSPS) is 16.0. The molecule has 0 aromatic heterocycles. The Balaban J connectivity index is 1.93. The molecule has 0 aliphatic carbocycles. The zero-order valence-corrected chi connectivity index (χ0v) is 13.5. The summed E-state index contributed by atoms with van der Waals surface area (Å²) in [5.41, 5.74) is 3.22. The topological polar surface area (TPSA) is 38.7 Å². The number of rotatable bonds is 2. The van der Waals surface area contributed by atoms with Crippen LogP contribution in [0.2, 0.25) is 0 Å². The summed E-state index contributed by atoms with van der Waals surface area (Å²) in [6, 6.07) is 15.6. The van der Waals surface area contributed by atoms with Crippen molar-refractivity contribution in [2.45, 2.75) is 6.92 Å². The Labute approximate surface area is 136 Å². The number of aryl methyl sites for hydroxylation is 1. The molecule has 1 aliphatic rings. The quantitative estimate of drug-likeness (QED) is 0.443. The van der Waals surface area contributed by atoms with Crippen molar-refractivity contribution >= 4 is 40.5 Å². The molecule has 0 spiro atoms. The van der Waals surface area contributed by atoms with Crippen LogP contribution in [0.4, 0.5) is 0 Å². The Hall–Kier alpha value is -1.95. The molecule has 0 atom stereocenters. The molecule has 104 valence electrons. The Morgan fingerprint density at radius 3 is 2.62 bits per heavy atom. The van der Waals surface area contributed by atoms with Gasteiger partial charge in [-0.25, -0.2) is 9.79 Å². The number of hydrogen-bond acceptors (Lipinski definition) is 3. The van der Waals surface area contributed by atoms with E-state index in [4.69, 9.17) is 4.74 Å².